The maximum Gasteiger partial charge on any atom is 0.0232 e. The standard InChI is InChI=1S/3C8H16N2.2C7H14N2.3C7H16N2.3C6H14N2.C5H12N2/c1-10-4-6-2-7(5-10)8(9)3-6;1-10-5-6-2-3-7(10)4-8(6)9;1-10-6-7-3-2-4-8(10)5-9-7;1-9-4-5-2-6(9)3-7(5)8;1-8-4-5-9-3-2-7(8)6-9;1-6-4-9(3)5-7(2)8-6;1-9-4-2-7(6-8)3-5-9;1-9-4-2-3-7(5-8)6-9;1-6-5-8(2)4-3-7-6;1-8-4-2-6(7)3-5-8;1-8-4-2-3-6(7)5-8;1-7-4-2-6-3-5-7/h2*6-8H,2-5,9H2,1H3;7-9H,2-6H2,1H3;5-7H,2-4,8H2,1H3;7H,2-6H2,1H3;6-8H,4-5H2,1-3H3;2*7H,2-6,8H2,1H3;6-7H,3-5H2,1-2H3;2*6H,2-5,7H2,1H3;6H,2-5H2,1H3. The van der Waals surface area contributed by atoms with Gasteiger partial charge < -0.3 is 125 Å². The molecule has 3 aliphatic carbocycles. The molecule has 16 saturated heterocycles. The Morgan fingerprint density at radius 2 is 0.858 bits per heavy atom. The molecule has 18 N–H and O–H groups in total. The molecule has 3 saturated carbocycles. The van der Waals surface area contributed by atoms with Crippen molar-refractivity contribution in [3.8, 4) is 0 Å². The number of hydrogen-bond acceptors (Lipinski definition) is 24. The Morgan fingerprint density at radius 3 is 1.31 bits per heavy atom. The average Bonchev–Trinajstić information content (AvgIpc) is 1.45. The molecule has 10 bridgehead atoms. The van der Waals surface area contributed by atoms with Gasteiger partial charge in [0.05, 0.1) is 0 Å². The van der Waals surface area contributed by atoms with Gasteiger partial charge in [-0.1, -0.05) is 6.42 Å². The number of nitrogens with two attached hydrogens (primary N) is 7. The van der Waals surface area contributed by atoms with Crippen molar-refractivity contribution in [2.45, 2.75) is 221 Å². The van der Waals surface area contributed by atoms with Crippen molar-refractivity contribution in [2.75, 3.05) is 274 Å². The molecule has 0 aromatic rings. The Labute approximate surface area is 653 Å². The van der Waals surface area contributed by atoms with E-state index in [9.17, 15) is 0 Å². The summed E-state index contributed by atoms with van der Waals surface area (Å²) in [5.74, 6) is 4.92. The van der Waals surface area contributed by atoms with Crippen LogP contribution in [0.4, 0.5) is 0 Å². The Bertz CT molecular complexity index is 2070. The lowest BCUT2D eigenvalue weighted by molar-refractivity contribution is 0.0556. The average molecular weight is 1500 g/mol. The first-order valence-electron chi connectivity index (χ1n) is 43.7. The zero-order chi connectivity index (χ0) is 77.2. The van der Waals surface area contributed by atoms with E-state index in [0.717, 1.165) is 105 Å². The van der Waals surface area contributed by atoms with Crippen LogP contribution >= 0.6 is 0 Å². The second-order valence-corrected chi connectivity index (χ2v) is 37.3. The maximum absolute atomic E-state index is 5.96. The zero-order valence-electron chi connectivity index (χ0n) is 71.8. The maximum atomic E-state index is 5.96. The molecule has 0 aromatic heterocycles. The largest absolute Gasteiger partial charge is 0.330 e. The lowest BCUT2D eigenvalue weighted by Crippen LogP contribution is -2.55. The quantitative estimate of drug-likeness (QED) is 0.187. The van der Waals surface area contributed by atoms with Crippen molar-refractivity contribution in [2.24, 2.45) is 75.6 Å². The number of fused-ring (bicyclic) bond motifs is 13. The fourth-order valence-corrected chi connectivity index (χ4v) is 19.7. The van der Waals surface area contributed by atoms with E-state index >= 15 is 0 Å². The third-order valence-corrected chi connectivity index (χ3v) is 26.8. The number of piperidine rings is 8. The van der Waals surface area contributed by atoms with Gasteiger partial charge in [-0.15, -0.1) is 0 Å². The lowest BCUT2D eigenvalue weighted by atomic mass is 9.77. The van der Waals surface area contributed by atoms with Crippen LogP contribution in [-0.2, 0) is 0 Å². The van der Waals surface area contributed by atoms with Crippen molar-refractivity contribution in [1.29, 1.82) is 0 Å². The molecule has 0 spiro atoms. The first-order valence-corrected chi connectivity index (χ1v) is 43.7. The Hall–Kier alpha value is -0.960. The number of hydrogen-bond donors (Lipinski definition) is 11. The molecule has 19 aliphatic rings. The van der Waals surface area contributed by atoms with Crippen molar-refractivity contribution >= 4 is 0 Å². The predicted molar refractivity (Wildman–Crippen MR) is 453 cm³/mol. The van der Waals surface area contributed by atoms with Gasteiger partial charge >= 0.3 is 0 Å². The predicted octanol–water partition coefficient (Wildman–Crippen LogP) is 1.58. The van der Waals surface area contributed by atoms with E-state index in [2.05, 4.69) is 190 Å². The van der Waals surface area contributed by atoms with Gasteiger partial charge in [0.2, 0.25) is 0 Å². The summed E-state index contributed by atoms with van der Waals surface area (Å²) in [6.07, 6.45) is 25.0. The highest BCUT2D eigenvalue weighted by Crippen LogP contribution is 2.36. The van der Waals surface area contributed by atoms with Gasteiger partial charge in [-0.25, -0.2) is 0 Å². The normalized spacial score (nSPS) is 37.6. The smallest absolute Gasteiger partial charge is 0.0232 e. The third kappa shape index (κ3) is 36.7. The summed E-state index contributed by atoms with van der Waals surface area (Å²) >= 11 is 0. The van der Waals surface area contributed by atoms with Gasteiger partial charge in [0, 0.05) is 209 Å². The van der Waals surface area contributed by atoms with Crippen molar-refractivity contribution < 1.29 is 0 Å². The molecule has 106 heavy (non-hydrogen) atoms. The highest BCUT2D eigenvalue weighted by molar-refractivity contribution is 4.99. The van der Waals surface area contributed by atoms with Gasteiger partial charge in [-0.3, -0.25) is 0 Å². The molecule has 16 aliphatic heterocycles. The summed E-state index contributed by atoms with van der Waals surface area (Å²) in [6, 6.07) is 8.62. The van der Waals surface area contributed by atoms with Gasteiger partial charge in [-0.05, 0) is 315 Å². The minimum Gasteiger partial charge on any atom is -0.330 e. The van der Waals surface area contributed by atoms with Crippen LogP contribution in [0.3, 0.4) is 0 Å². The van der Waals surface area contributed by atoms with E-state index in [1.807, 2.05) is 0 Å². The molecule has 19 rings (SSSR count). The van der Waals surface area contributed by atoms with Crippen LogP contribution in [0.5, 0.6) is 0 Å². The second-order valence-electron chi connectivity index (χ2n) is 37.3. The molecule has 0 radical (unpaired) electrons. The molecular formula is C82H178N24. The van der Waals surface area contributed by atoms with Crippen LogP contribution in [0.1, 0.15) is 143 Å². The van der Waals surface area contributed by atoms with Crippen LogP contribution in [-0.4, -0.2) is 417 Å². The summed E-state index contributed by atoms with van der Waals surface area (Å²) in [7, 11) is 26.2. The Kier molecular flexibility index (Phi) is 45.3. The van der Waals surface area contributed by atoms with Gasteiger partial charge in [0.1, 0.15) is 0 Å². The van der Waals surface area contributed by atoms with Gasteiger partial charge in [-0.2, -0.15) is 0 Å². The molecule has 0 amide bonds. The second kappa shape index (κ2) is 51.1. The molecule has 24 nitrogen and oxygen atoms in total. The van der Waals surface area contributed by atoms with Crippen LogP contribution in [0.2, 0.25) is 0 Å². The van der Waals surface area contributed by atoms with E-state index in [4.69, 9.17) is 40.1 Å². The number of nitrogens with zero attached hydrogens (tertiary/aromatic N) is 13. The molecule has 16 heterocycles. The number of likely N-dealkylation sites (N-methyl/N-ethyl adjacent to an activating group) is 6. The Balaban J connectivity index is 0.000000181. The topological polar surface area (TPSA) is 272 Å². The fraction of sp³-hybridized carbons (Fsp3) is 1.00. The van der Waals surface area contributed by atoms with Crippen molar-refractivity contribution in [1.82, 2.24) is 85.0 Å². The van der Waals surface area contributed by atoms with E-state index in [1.54, 1.807) is 0 Å². The van der Waals surface area contributed by atoms with Crippen LogP contribution in [0, 0.1) is 35.5 Å². The van der Waals surface area contributed by atoms with Crippen LogP contribution in [0.15, 0.2) is 0 Å². The van der Waals surface area contributed by atoms with Crippen molar-refractivity contribution in [3.63, 3.8) is 0 Å². The highest BCUT2D eigenvalue weighted by atomic mass is 15.3. The lowest BCUT2D eigenvalue weighted by Gasteiger charge is -2.46. The molecule has 24 heteroatoms. The summed E-state index contributed by atoms with van der Waals surface area (Å²) < 4.78 is 0. The molecule has 19 fully saturated rings. The molecule has 18 unspecified atom stereocenters. The van der Waals surface area contributed by atoms with Crippen molar-refractivity contribution in [3.05, 3.63) is 0 Å². The monoisotopic (exact) mass is 1500 g/mol. The van der Waals surface area contributed by atoms with E-state index in [0.29, 0.717) is 48.3 Å². The number of likely N-dealkylation sites (tertiary alicyclic amines) is 6. The van der Waals surface area contributed by atoms with Gasteiger partial charge in [0.15, 0.2) is 0 Å². The summed E-state index contributed by atoms with van der Waals surface area (Å²) in [4.78, 5) is 31.3. The minimum atomic E-state index is 0.439. The zero-order valence-corrected chi connectivity index (χ0v) is 71.8. The summed E-state index contributed by atoms with van der Waals surface area (Å²) in [5.41, 5.74) is 40.2. The van der Waals surface area contributed by atoms with E-state index < -0.39 is 0 Å². The minimum absolute atomic E-state index is 0.439. The number of rotatable bonds is 2. The SMILES string of the molecule is CC1CN(C)CC(C)N1.CC1CN(C)CCN1.CN1CC2CC(N)C(C2)C1.CN1CC2CC1CC2N.CN1CC2CCC1CC2N.CN1CC2CCCC1CN2.CN1CCC(CN)CC1.CN1CCC(N)CC1.CN1CCCC(CN)C1.CN1CCCC(N)C1.CN1CCN2CCC1C2.CN1CCNCC1. The molecule has 0 aromatic carbocycles. The summed E-state index contributed by atoms with van der Waals surface area (Å²) in [6.45, 7) is 41.4. The number of nitrogens with one attached hydrogen (secondary N) is 4. The van der Waals surface area contributed by atoms with Crippen LogP contribution < -0.4 is 61.4 Å². The molecule has 18 atom stereocenters. The third-order valence-electron chi connectivity index (χ3n) is 26.8. The van der Waals surface area contributed by atoms with Gasteiger partial charge in [0.25, 0.3) is 0 Å². The Morgan fingerprint density at radius 1 is 0.311 bits per heavy atom. The van der Waals surface area contributed by atoms with E-state index in [-0.39, 0.29) is 0 Å². The van der Waals surface area contributed by atoms with Crippen LogP contribution in [0.25, 0.3) is 0 Å². The highest BCUT2D eigenvalue weighted by Gasteiger charge is 2.41. The first-order chi connectivity index (χ1) is 50.6. The van der Waals surface area contributed by atoms with E-state index in [1.165, 1.54) is 273 Å². The summed E-state index contributed by atoms with van der Waals surface area (Å²) in [5, 5.41) is 13.7. The first kappa shape index (κ1) is 93.9. The number of piperazine rings is 5. The molecule has 626 valence electrons. The fourth-order valence-electron chi connectivity index (χ4n) is 19.7. The molecular weight excluding hydrogens is 1320 g/mol.